The van der Waals surface area contributed by atoms with Crippen molar-refractivity contribution < 1.29 is 0 Å². The summed E-state index contributed by atoms with van der Waals surface area (Å²) in [5.74, 6) is 0.201. The molecule has 1 N–H and O–H groups in total. The zero-order chi connectivity index (χ0) is 15.7. The van der Waals surface area contributed by atoms with Crippen molar-refractivity contribution in [2.45, 2.75) is 0 Å². The monoisotopic (exact) mass is 347 g/mol. The molecule has 0 saturated heterocycles. The highest BCUT2D eigenvalue weighted by Crippen LogP contribution is 2.25. The molecule has 0 aliphatic heterocycles. The molecule has 0 atom stereocenters. The second-order valence-corrected chi connectivity index (χ2v) is 6.57. The predicted molar refractivity (Wildman–Crippen MR) is 90.2 cm³/mol. The standard InChI is InChI=1S/C15H7Cl2N3OS/c16-9-1-3-11-12(6-9)19-14(20-15(11)21)8(7-18)5-10-2-4-13(17)22-10/h1-6H,(H,19,20,21)/b8-5+. The Morgan fingerprint density at radius 2 is 2.14 bits per heavy atom. The first kappa shape index (κ1) is 14.8. The van der Waals surface area contributed by atoms with Crippen LogP contribution < -0.4 is 5.56 Å². The molecule has 108 valence electrons. The van der Waals surface area contributed by atoms with Gasteiger partial charge in [0.2, 0.25) is 0 Å². The highest BCUT2D eigenvalue weighted by atomic mass is 35.5. The summed E-state index contributed by atoms with van der Waals surface area (Å²) < 4.78 is 0.621. The zero-order valence-corrected chi connectivity index (χ0v) is 13.3. The number of nitriles is 1. The van der Waals surface area contributed by atoms with Gasteiger partial charge in [-0.2, -0.15) is 5.26 Å². The Hall–Kier alpha value is -2.13. The van der Waals surface area contributed by atoms with Gasteiger partial charge in [-0.1, -0.05) is 23.2 Å². The first-order valence-electron chi connectivity index (χ1n) is 6.14. The lowest BCUT2D eigenvalue weighted by molar-refractivity contribution is 1.13. The maximum absolute atomic E-state index is 12.1. The molecule has 3 rings (SSSR count). The van der Waals surface area contributed by atoms with E-state index in [1.807, 2.05) is 6.07 Å². The molecule has 2 heterocycles. The highest BCUT2D eigenvalue weighted by Gasteiger charge is 2.09. The number of halogens is 2. The SMILES string of the molecule is N#C/C(=C\c1ccc(Cl)s1)c1nc2cc(Cl)ccc2c(=O)[nH]1. The molecule has 0 aliphatic rings. The Labute approximate surface area is 139 Å². The minimum absolute atomic E-state index is 0.201. The lowest BCUT2D eigenvalue weighted by Gasteiger charge is -2.02. The van der Waals surface area contributed by atoms with Crippen LogP contribution in [0.1, 0.15) is 10.7 Å². The van der Waals surface area contributed by atoms with Crippen molar-refractivity contribution in [3.63, 3.8) is 0 Å². The van der Waals surface area contributed by atoms with Crippen molar-refractivity contribution >= 4 is 57.1 Å². The number of thiophene rings is 1. The van der Waals surface area contributed by atoms with Crippen molar-refractivity contribution in [3.8, 4) is 6.07 Å². The van der Waals surface area contributed by atoms with Gasteiger partial charge in [0, 0.05) is 9.90 Å². The van der Waals surface area contributed by atoms with Gasteiger partial charge in [0.05, 0.1) is 20.8 Å². The minimum atomic E-state index is -0.318. The van der Waals surface area contributed by atoms with Crippen molar-refractivity contribution in [2.24, 2.45) is 0 Å². The van der Waals surface area contributed by atoms with E-state index >= 15 is 0 Å². The van der Waals surface area contributed by atoms with Crippen molar-refractivity contribution in [1.82, 2.24) is 9.97 Å². The molecular formula is C15H7Cl2N3OS. The first-order chi connectivity index (χ1) is 10.6. The largest absolute Gasteiger partial charge is 0.305 e. The van der Waals surface area contributed by atoms with Gasteiger partial charge >= 0.3 is 0 Å². The summed E-state index contributed by atoms with van der Waals surface area (Å²) in [6.07, 6.45) is 1.63. The van der Waals surface area contributed by atoms with Gasteiger partial charge in [0.15, 0.2) is 5.82 Å². The summed E-state index contributed by atoms with van der Waals surface area (Å²) in [4.78, 5) is 19.8. The number of nitrogens with one attached hydrogen (secondary N) is 1. The summed E-state index contributed by atoms with van der Waals surface area (Å²) in [7, 11) is 0. The van der Waals surface area contributed by atoms with Crippen LogP contribution in [0.4, 0.5) is 0 Å². The Morgan fingerprint density at radius 3 is 2.82 bits per heavy atom. The third kappa shape index (κ3) is 2.90. The van der Waals surface area contributed by atoms with Gasteiger partial charge in [0.1, 0.15) is 6.07 Å². The number of allylic oxidation sites excluding steroid dienone is 1. The molecule has 1 aromatic carbocycles. The Balaban J connectivity index is 2.18. The maximum atomic E-state index is 12.1. The van der Waals surface area contributed by atoms with Crippen LogP contribution in [-0.4, -0.2) is 9.97 Å². The Morgan fingerprint density at radius 1 is 1.32 bits per heavy atom. The lowest BCUT2D eigenvalue weighted by atomic mass is 10.2. The fourth-order valence-corrected chi connectivity index (χ4v) is 3.11. The van der Waals surface area contributed by atoms with Gasteiger partial charge in [-0.25, -0.2) is 4.98 Å². The molecule has 2 aromatic heterocycles. The van der Waals surface area contributed by atoms with Crippen molar-refractivity contribution in [1.29, 1.82) is 5.26 Å². The number of H-pyrrole nitrogens is 1. The molecule has 0 amide bonds. The number of rotatable bonds is 2. The lowest BCUT2D eigenvalue weighted by Crippen LogP contribution is -2.11. The van der Waals surface area contributed by atoms with Crippen LogP contribution >= 0.6 is 34.5 Å². The number of hydrogen-bond donors (Lipinski definition) is 1. The van der Waals surface area contributed by atoms with Crippen LogP contribution in [0, 0.1) is 11.3 Å². The van der Waals surface area contributed by atoms with Gasteiger partial charge in [0.25, 0.3) is 5.56 Å². The fraction of sp³-hybridized carbons (Fsp3) is 0. The molecule has 7 heteroatoms. The molecule has 0 bridgehead atoms. The second kappa shape index (κ2) is 5.93. The number of nitrogens with zero attached hydrogens (tertiary/aromatic N) is 2. The number of benzene rings is 1. The molecule has 0 unspecified atom stereocenters. The molecule has 3 aromatic rings. The van der Waals surface area contributed by atoms with E-state index in [0.29, 0.717) is 20.3 Å². The van der Waals surface area contributed by atoms with Crippen LogP contribution in [0.2, 0.25) is 9.36 Å². The fourth-order valence-electron chi connectivity index (χ4n) is 1.94. The molecule has 0 radical (unpaired) electrons. The van der Waals surface area contributed by atoms with Crippen LogP contribution in [0.25, 0.3) is 22.6 Å². The van der Waals surface area contributed by atoms with E-state index in [1.54, 1.807) is 36.4 Å². The smallest absolute Gasteiger partial charge is 0.259 e. The Bertz CT molecular complexity index is 998. The normalized spacial score (nSPS) is 11.6. The molecule has 0 spiro atoms. The summed E-state index contributed by atoms with van der Waals surface area (Å²) in [6.45, 7) is 0. The molecule has 4 nitrogen and oxygen atoms in total. The van der Waals surface area contributed by atoms with Crippen LogP contribution in [0.5, 0.6) is 0 Å². The van der Waals surface area contributed by atoms with Crippen LogP contribution in [-0.2, 0) is 0 Å². The van der Waals surface area contributed by atoms with E-state index in [2.05, 4.69) is 9.97 Å². The zero-order valence-electron chi connectivity index (χ0n) is 10.9. The van der Waals surface area contributed by atoms with Crippen molar-refractivity contribution in [2.75, 3.05) is 0 Å². The second-order valence-electron chi connectivity index (χ2n) is 4.39. The average molecular weight is 348 g/mol. The van der Waals surface area contributed by atoms with E-state index in [-0.39, 0.29) is 17.0 Å². The summed E-state index contributed by atoms with van der Waals surface area (Å²) in [5, 5.41) is 10.2. The van der Waals surface area contributed by atoms with Gasteiger partial charge in [-0.15, -0.1) is 11.3 Å². The number of hydrogen-bond acceptors (Lipinski definition) is 4. The van der Waals surface area contributed by atoms with E-state index in [4.69, 9.17) is 23.2 Å². The molecule has 22 heavy (non-hydrogen) atoms. The predicted octanol–water partition coefficient (Wildman–Crippen LogP) is 4.36. The summed E-state index contributed by atoms with van der Waals surface area (Å²) in [6, 6.07) is 10.4. The topological polar surface area (TPSA) is 69.5 Å². The van der Waals surface area contributed by atoms with E-state index in [1.165, 1.54) is 11.3 Å². The molecule has 0 aliphatic carbocycles. The minimum Gasteiger partial charge on any atom is -0.305 e. The van der Waals surface area contributed by atoms with E-state index < -0.39 is 0 Å². The number of fused-ring (bicyclic) bond motifs is 1. The first-order valence-corrected chi connectivity index (χ1v) is 7.71. The van der Waals surface area contributed by atoms with E-state index in [9.17, 15) is 10.1 Å². The van der Waals surface area contributed by atoms with E-state index in [0.717, 1.165) is 4.88 Å². The van der Waals surface area contributed by atoms with Crippen LogP contribution in [0.3, 0.4) is 0 Å². The molecular weight excluding hydrogens is 341 g/mol. The maximum Gasteiger partial charge on any atom is 0.259 e. The Kier molecular flexibility index (Phi) is 3.99. The third-order valence-corrected chi connectivity index (χ3v) is 4.34. The van der Waals surface area contributed by atoms with Crippen molar-refractivity contribution in [3.05, 3.63) is 60.7 Å². The van der Waals surface area contributed by atoms with Gasteiger partial charge < -0.3 is 4.98 Å². The van der Waals surface area contributed by atoms with Gasteiger partial charge in [-0.3, -0.25) is 4.79 Å². The number of aromatic nitrogens is 2. The quantitative estimate of drug-likeness (QED) is 0.700. The van der Waals surface area contributed by atoms with Gasteiger partial charge in [-0.05, 0) is 36.4 Å². The number of aromatic amines is 1. The summed E-state index contributed by atoms with van der Waals surface area (Å²) >= 11 is 13.1. The summed E-state index contributed by atoms with van der Waals surface area (Å²) in [5.41, 5.74) is 0.371. The average Bonchev–Trinajstić information content (AvgIpc) is 2.89. The molecule has 0 fully saturated rings. The highest BCUT2D eigenvalue weighted by molar-refractivity contribution is 7.17. The third-order valence-electron chi connectivity index (χ3n) is 2.92. The van der Waals surface area contributed by atoms with Crippen LogP contribution in [0.15, 0.2) is 35.1 Å². The molecule has 0 saturated carbocycles.